The molecule has 0 aromatic rings. The van der Waals surface area contributed by atoms with E-state index in [9.17, 15) is 4.79 Å². The molecule has 0 radical (unpaired) electrons. The van der Waals surface area contributed by atoms with Crippen LogP contribution in [0.3, 0.4) is 0 Å². The number of rotatable bonds is 6. The number of hydrogen-bond acceptors (Lipinski definition) is 3. The molecule has 0 spiro atoms. The van der Waals surface area contributed by atoms with Crippen molar-refractivity contribution in [2.24, 2.45) is 5.92 Å². The second kappa shape index (κ2) is 7.02. The normalized spacial score (nSPS) is 24.3. The molecule has 0 aromatic carbocycles. The maximum absolute atomic E-state index is 12.0. The average molecular weight is 227 g/mol. The molecule has 1 heterocycles. The van der Waals surface area contributed by atoms with Crippen molar-refractivity contribution in [1.82, 2.24) is 4.90 Å². The Bertz CT molecular complexity index is 218. The maximum atomic E-state index is 12.0. The van der Waals surface area contributed by atoms with E-state index in [1.807, 2.05) is 0 Å². The minimum absolute atomic E-state index is 0.173. The van der Waals surface area contributed by atoms with Crippen LogP contribution in [-0.4, -0.2) is 43.0 Å². The standard InChI is InChI=1S/C13H25NO2/c1-4-6-11(3)9-12(15)13-10-14(5-2)7-8-16-13/h11,13H,4-10H2,1-3H3. The molecule has 1 aliphatic heterocycles. The van der Waals surface area contributed by atoms with Crippen LogP contribution >= 0.6 is 0 Å². The number of hydrogen-bond donors (Lipinski definition) is 0. The van der Waals surface area contributed by atoms with Gasteiger partial charge in [-0.2, -0.15) is 0 Å². The van der Waals surface area contributed by atoms with Crippen molar-refractivity contribution in [1.29, 1.82) is 0 Å². The van der Waals surface area contributed by atoms with Crippen LogP contribution in [0.5, 0.6) is 0 Å². The number of carbonyl (C=O) groups is 1. The molecule has 1 rings (SSSR count). The van der Waals surface area contributed by atoms with Crippen molar-refractivity contribution in [3.8, 4) is 0 Å². The van der Waals surface area contributed by atoms with Gasteiger partial charge in [-0.15, -0.1) is 0 Å². The monoisotopic (exact) mass is 227 g/mol. The summed E-state index contributed by atoms with van der Waals surface area (Å²) in [5.74, 6) is 0.789. The summed E-state index contributed by atoms with van der Waals surface area (Å²) in [6.07, 6.45) is 2.79. The van der Waals surface area contributed by atoms with E-state index in [0.29, 0.717) is 24.7 Å². The van der Waals surface area contributed by atoms with Gasteiger partial charge in [-0.05, 0) is 12.5 Å². The zero-order valence-electron chi connectivity index (χ0n) is 10.9. The second-order valence-electron chi connectivity index (χ2n) is 4.82. The number of likely N-dealkylation sites (N-methyl/N-ethyl adjacent to an activating group) is 1. The van der Waals surface area contributed by atoms with Gasteiger partial charge in [0, 0.05) is 19.5 Å². The van der Waals surface area contributed by atoms with E-state index < -0.39 is 0 Å². The molecule has 1 fully saturated rings. The van der Waals surface area contributed by atoms with E-state index in [1.165, 1.54) is 0 Å². The Labute approximate surface area is 99.1 Å². The van der Waals surface area contributed by atoms with Crippen LogP contribution in [0.25, 0.3) is 0 Å². The SMILES string of the molecule is CCCC(C)CC(=O)C1CN(CC)CCO1. The van der Waals surface area contributed by atoms with Gasteiger partial charge >= 0.3 is 0 Å². The highest BCUT2D eigenvalue weighted by molar-refractivity contribution is 5.83. The van der Waals surface area contributed by atoms with Crippen molar-refractivity contribution in [3.05, 3.63) is 0 Å². The summed E-state index contributed by atoms with van der Waals surface area (Å²) in [7, 11) is 0. The molecular weight excluding hydrogens is 202 g/mol. The molecule has 0 aromatic heterocycles. The molecule has 94 valence electrons. The predicted octanol–water partition coefficient (Wildman–Crippen LogP) is 2.10. The van der Waals surface area contributed by atoms with Crippen molar-refractivity contribution >= 4 is 5.78 Å². The fourth-order valence-corrected chi connectivity index (χ4v) is 2.25. The molecule has 16 heavy (non-hydrogen) atoms. The van der Waals surface area contributed by atoms with E-state index in [2.05, 4.69) is 25.7 Å². The molecule has 3 heteroatoms. The van der Waals surface area contributed by atoms with E-state index in [0.717, 1.165) is 32.5 Å². The summed E-state index contributed by atoms with van der Waals surface area (Å²) in [4.78, 5) is 14.3. The Morgan fingerprint density at radius 1 is 1.50 bits per heavy atom. The minimum Gasteiger partial charge on any atom is -0.368 e. The number of ether oxygens (including phenoxy) is 1. The lowest BCUT2D eigenvalue weighted by Gasteiger charge is -2.31. The summed E-state index contributed by atoms with van der Waals surface area (Å²) in [6, 6.07) is 0. The van der Waals surface area contributed by atoms with Crippen molar-refractivity contribution in [2.45, 2.75) is 46.1 Å². The van der Waals surface area contributed by atoms with Crippen LogP contribution in [0.4, 0.5) is 0 Å². The lowest BCUT2D eigenvalue weighted by molar-refractivity contribution is -0.137. The molecule has 0 N–H and O–H groups in total. The zero-order chi connectivity index (χ0) is 12.0. The van der Waals surface area contributed by atoms with Gasteiger partial charge in [0.2, 0.25) is 0 Å². The first-order valence-electron chi connectivity index (χ1n) is 6.54. The molecule has 0 bridgehead atoms. The summed E-state index contributed by atoms with van der Waals surface area (Å²) in [5.41, 5.74) is 0. The molecule has 1 saturated heterocycles. The van der Waals surface area contributed by atoms with Crippen LogP contribution in [0.2, 0.25) is 0 Å². The largest absolute Gasteiger partial charge is 0.368 e. The summed E-state index contributed by atoms with van der Waals surface area (Å²) < 4.78 is 5.56. The number of nitrogens with zero attached hydrogens (tertiary/aromatic N) is 1. The van der Waals surface area contributed by atoms with Crippen LogP contribution in [0.15, 0.2) is 0 Å². The first-order valence-corrected chi connectivity index (χ1v) is 6.54. The van der Waals surface area contributed by atoms with Gasteiger partial charge < -0.3 is 4.74 Å². The van der Waals surface area contributed by atoms with Crippen LogP contribution < -0.4 is 0 Å². The highest BCUT2D eigenvalue weighted by atomic mass is 16.5. The lowest BCUT2D eigenvalue weighted by atomic mass is 9.97. The third-order valence-electron chi connectivity index (χ3n) is 3.29. The number of Topliss-reactive ketones (excluding diaryl/α,β-unsaturated/α-hetero) is 1. The van der Waals surface area contributed by atoms with Gasteiger partial charge in [0.05, 0.1) is 6.61 Å². The topological polar surface area (TPSA) is 29.5 Å². The predicted molar refractivity (Wildman–Crippen MR) is 65.6 cm³/mol. The first kappa shape index (κ1) is 13.7. The van der Waals surface area contributed by atoms with E-state index >= 15 is 0 Å². The van der Waals surface area contributed by atoms with E-state index in [4.69, 9.17) is 4.74 Å². The van der Waals surface area contributed by atoms with Crippen LogP contribution in [0, 0.1) is 5.92 Å². The third kappa shape index (κ3) is 4.22. The van der Waals surface area contributed by atoms with Gasteiger partial charge in [0.15, 0.2) is 5.78 Å². The summed E-state index contributed by atoms with van der Waals surface area (Å²) >= 11 is 0. The van der Waals surface area contributed by atoms with Gasteiger partial charge in [-0.25, -0.2) is 0 Å². The fraction of sp³-hybridized carbons (Fsp3) is 0.923. The van der Waals surface area contributed by atoms with Gasteiger partial charge in [-0.3, -0.25) is 9.69 Å². The lowest BCUT2D eigenvalue weighted by Crippen LogP contribution is -2.46. The van der Waals surface area contributed by atoms with Crippen molar-refractivity contribution in [2.75, 3.05) is 26.2 Å². The molecule has 2 unspecified atom stereocenters. The Kier molecular flexibility index (Phi) is 5.99. The van der Waals surface area contributed by atoms with E-state index in [-0.39, 0.29) is 6.10 Å². The highest BCUT2D eigenvalue weighted by Crippen LogP contribution is 2.15. The number of morpholine rings is 1. The maximum Gasteiger partial charge on any atom is 0.163 e. The Morgan fingerprint density at radius 3 is 2.88 bits per heavy atom. The quantitative estimate of drug-likeness (QED) is 0.696. The molecule has 0 saturated carbocycles. The van der Waals surface area contributed by atoms with Crippen LogP contribution in [-0.2, 0) is 9.53 Å². The summed E-state index contributed by atoms with van der Waals surface area (Å²) in [5, 5.41) is 0. The van der Waals surface area contributed by atoms with E-state index in [1.54, 1.807) is 0 Å². The fourth-order valence-electron chi connectivity index (χ4n) is 2.25. The van der Waals surface area contributed by atoms with Crippen molar-refractivity contribution < 1.29 is 9.53 Å². The van der Waals surface area contributed by atoms with Gasteiger partial charge in [0.1, 0.15) is 6.10 Å². The molecule has 3 nitrogen and oxygen atoms in total. The Hall–Kier alpha value is -0.410. The van der Waals surface area contributed by atoms with Crippen molar-refractivity contribution in [3.63, 3.8) is 0 Å². The molecule has 2 atom stereocenters. The van der Waals surface area contributed by atoms with Gasteiger partial charge in [-0.1, -0.05) is 33.6 Å². The molecular formula is C13H25NO2. The molecule has 0 aliphatic carbocycles. The minimum atomic E-state index is -0.173. The zero-order valence-corrected chi connectivity index (χ0v) is 10.9. The average Bonchev–Trinajstić information content (AvgIpc) is 2.29. The number of carbonyl (C=O) groups excluding carboxylic acids is 1. The third-order valence-corrected chi connectivity index (χ3v) is 3.29. The van der Waals surface area contributed by atoms with Crippen LogP contribution in [0.1, 0.15) is 40.0 Å². The second-order valence-corrected chi connectivity index (χ2v) is 4.82. The Morgan fingerprint density at radius 2 is 2.25 bits per heavy atom. The molecule has 0 amide bonds. The molecule has 1 aliphatic rings. The highest BCUT2D eigenvalue weighted by Gasteiger charge is 2.26. The number of ketones is 1. The summed E-state index contributed by atoms with van der Waals surface area (Å²) in [6.45, 7) is 9.91. The first-order chi connectivity index (χ1) is 7.67. The van der Waals surface area contributed by atoms with Gasteiger partial charge in [0.25, 0.3) is 0 Å². The smallest absolute Gasteiger partial charge is 0.163 e. The Balaban J connectivity index is 2.35.